The molecule has 160 valence electrons. The highest BCUT2D eigenvalue weighted by atomic mass is 16.5. The highest BCUT2D eigenvalue weighted by molar-refractivity contribution is 5.84. The van der Waals surface area contributed by atoms with Gasteiger partial charge in [-0.05, 0) is 41.8 Å². The number of benzene rings is 2. The summed E-state index contributed by atoms with van der Waals surface area (Å²) in [5, 5.41) is 13.0. The maximum absolute atomic E-state index is 12.2. The van der Waals surface area contributed by atoms with Crippen molar-refractivity contribution in [3.8, 4) is 17.2 Å². The quantitative estimate of drug-likeness (QED) is 0.651. The Bertz CT molecular complexity index is 1200. The van der Waals surface area contributed by atoms with Gasteiger partial charge in [0.1, 0.15) is 0 Å². The van der Waals surface area contributed by atoms with E-state index in [1.807, 2.05) is 36.4 Å². The lowest BCUT2D eigenvalue weighted by molar-refractivity contribution is -0.143. The number of amides is 1. The average Bonchev–Trinajstić information content (AvgIpc) is 2.94. The van der Waals surface area contributed by atoms with Gasteiger partial charge in [-0.15, -0.1) is 0 Å². The number of fused-ring (bicyclic) bond motifs is 1. The van der Waals surface area contributed by atoms with E-state index in [4.69, 9.17) is 14.9 Å². The van der Waals surface area contributed by atoms with Crippen molar-refractivity contribution in [2.24, 2.45) is 12.8 Å². The number of nitrogens with two attached hydrogens (primary N) is 1. The van der Waals surface area contributed by atoms with E-state index >= 15 is 0 Å². The van der Waals surface area contributed by atoms with E-state index in [2.05, 4.69) is 11.4 Å². The maximum Gasteiger partial charge on any atom is 0.419 e. The zero-order valence-electron chi connectivity index (χ0n) is 17.3. The number of aryl methyl sites for hydroxylation is 1. The molecule has 1 amide bonds. The Morgan fingerprint density at radius 2 is 2.03 bits per heavy atom. The van der Waals surface area contributed by atoms with Crippen molar-refractivity contribution in [2.45, 2.75) is 24.4 Å². The van der Waals surface area contributed by atoms with Crippen LogP contribution in [-0.2, 0) is 16.6 Å². The number of nitriles is 1. The molecule has 1 aromatic heterocycles. The molecule has 0 bridgehead atoms. The van der Waals surface area contributed by atoms with E-state index in [0.717, 1.165) is 29.7 Å². The molecule has 0 radical (unpaired) electrons. The Kier molecular flexibility index (Phi) is 5.63. The van der Waals surface area contributed by atoms with Gasteiger partial charge in [-0.3, -0.25) is 9.36 Å². The molecule has 8 heteroatoms. The number of nitrogens with zero attached hydrogens (tertiary/aromatic N) is 2. The van der Waals surface area contributed by atoms with Crippen LogP contribution >= 0.6 is 0 Å². The first-order chi connectivity index (χ1) is 14.9. The second-order valence-corrected chi connectivity index (χ2v) is 7.85. The Hall–Kier alpha value is -3.41. The first-order valence-corrected chi connectivity index (χ1v) is 10.2. The van der Waals surface area contributed by atoms with Crippen LogP contribution < -0.4 is 16.8 Å². The molecule has 2 unspecified atom stereocenters. The third kappa shape index (κ3) is 3.98. The van der Waals surface area contributed by atoms with E-state index in [1.165, 1.54) is 4.57 Å². The van der Waals surface area contributed by atoms with Gasteiger partial charge in [0.2, 0.25) is 0 Å². The Balaban J connectivity index is 1.60. The largest absolute Gasteiger partial charge is 0.419 e. The van der Waals surface area contributed by atoms with Gasteiger partial charge in [0.15, 0.2) is 11.2 Å². The van der Waals surface area contributed by atoms with Gasteiger partial charge in [-0.2, -0.15) is 5.26 Å². The van der Waals surface area contributed by atoms with Gasteiger partial charge in [-0.1, -0.05) is 30.3 Å². The molecule has 31 heavy (non-hydrogen) atoms. The zero-order valence-corrected chi connectivity index (χ0v) is 17.3. The predicted octanol–water partition coefficient (Wildman–Crippen LogP) is 2.03. The molecule has 4 rings (SSSR count). The fraction of sp³-hybridized carbons (Fsp3) is 0.348. The summed E-state index contributed by atoms with van der Waals surface area (Å²) in [6.45, 7) is 1.46. The topological polar surface area (TPSA) is 123 Å². The molecule has 2 atom stereocenters. The van der Waals surface area contributed by atoms with Gasteiger partial charge in [-0.25, -0.2) is 4.79 Å². The molecule has 2 heterocycles. The summed E-state index contributed by atoms with van der Waals surface area (Å²) < 4.78 is 12.5. The minimum Gasteiger partial charge on any atom is -0.408 e. The molecule has 2 aromatic carbocycles. The molecule has 1 aliphatic rings. The van der Waals surface area contributed by atoms with Gasteiger partial charge in [0, 0.05) is 26.6 Å². The first-order valence-electron chi connectivity index (χ1n) is 10.2. The Morgan fingerprint density at radius 3 is 2.74 bits per heavy atom. The lowest BCUT2D eigenvalue weighted by Crippen LogP contribution is -2.53. The molecule has 3 aromatic rings. The molecule has 3 N–H and O–H groups in total. The molecular weight excluding hydrogens is 396 g/mol. The fourth-order valence-corrected chi connectivity index (χ4v) is 3.98. The number of aromatic nitrogens is 1. The van der Waals surface area contributed by atoms with Crippen molar-refractivity contribution >= 4 is 17.0 Å². The van der Waals surface area contributed by atoms with Crippen molar-refractivity contribution in [2.75, 3.05) is 19.7 Å². The summed E-state index contributed by atoms with van der Waals surface area (Å²) in [6.07, 6.45) is 0.974. The van der Waals surface area contributed by atoms with Crippen LogP contribution in [0, 0.1) is 11.3 Å². The third-order valence-electron chi connectivity index (χ3n) is 5.86. The molecule has 8 nitrogen and oxygen atoms in total. The van der Waals surface area contributed by atoms with Crippen LogP contribution in [0.25, 0.3) is 22.2 Å². The van der Waals surface area contributed by atoms with Crippen LogP contribution in [0.3, 0.4) is 0 Å². The summed E-state index contributed by atoms with van der Waals surface area (Å²) in [4.78, 5) is 23.9. The first kappa shape index (κ1) is 20.8. The molecule has 1 aliphatic heterocycles. The van der Waals surface area contributed by atoms with Crippen molar-refractivity contribution < 1.29 is 13.9 Å². The Labute approximate surface area is 179 Å². The highest BCUT2D eigenvalue weighted by Crippen LogP contribution is 2.31. The molecule has 0 aliphatic carbocycles. The SMILES string of the molecule is Cn1c(=O)oc2ccc(-c3ccc(C(C#N)CC4(C(N)=O)CNCCCO4)cc3)cc21. The third-order valence-corrected chi connectivity index (χ3v) is 5.86. The standard InChI is InChI=1S/C23H24N4O4/c1-27-19-11-17(7-8-20(19)31-22(27)29)15-3-5-16(6-4-15)18(13-24)12-23(21(25)28)14-26-9-2-10-30-23/h3-8,11,18,26H,2,9-10,12,14H2,1H3,(H2,25,28). The lowest BCUT2D eigenvalue weighted by atomic mass is 9.85. The van der Waals surface area contributed by atoms with Gasteiger partial charge in [0.05, 0.1) is 17.5 Å². The molecular formula is C23H24N4O4. The van der Waals surface area contributed by atoms with Crippen LogP contribution in [0.1, 0.15) is 24.3 Å². The van der Waals surface area contributed by atoms with Crippen LogP contribution in [0.5, 0.6) is 0 Å². The number of primary amides is 1. The number of hydrogen-bond donors (Lipinski definition) is 2. The molecule has 0 saturated carbocycles. The normalized spacial score (nSPS) is 20.1. The van der Waals surface area contributed by atoms with Gasteiger partial charge >= 0.3 is 5.76 Å². The van der Waals surface area contributed by atoms with Crippen LogP contribution in [-0.4, -0.2) is 35.8 Å². The highest BCUT2D eigenvalue weighted by Gasteiger charge is 2.41. The zero-order chi connectivity index (χ0) is 22.0. The smallest absolute Gasteiger partial charge is 0.408 e. The van der Waals surface area contributed by atoms with Crippen LogP contribution in [0.4, 0.5) is 0 Å². The van der Waals surface area contributed by atoms with E-state index in [-0.39, 0.29) is 6.42 Å². The number of oxazole rings is 1. The summed E-state index contributed by atoms with van der Waals surface area (Å²) in [5.41, 5.74) is 8.36. The van der Waals surface area contributed by atoms with Crippen molar-refractivity contribution in [3.05, 3.63) is 58.6 Å². The predicted molar refractivity (Wildman–Crippen MR) is 115 cm³/mol. The van der Waals surface area contributed by atoms with Crippen molar-refractivity contribution in [3.63, 3.8) is 0 Å². The lowest BCUT2D eigenvalue weighted by Gasteiger charge is -2.31. The number of hydrogen-bond acceptors (Lipinski definition) is 6. The molecule has 1 fully saturated rings. The monoisotopic (exact) mass is 420 g/mol. The summed E-state index contributed by atoms with van der Waals surface area (Å²) in [6, 6.07) is 15.4. The summed E-state index contributed by atoms with van der Waals surface area (Å²) >= 11 is 0. The van der Waals surface area contributed by atoms with Crippen molar-refractivity contribution in [1.82, 2.24) is 9.88 Å². The second-order valence-electron chi connectivity index (χ2n) is 7.85. The summed E-state index contributed by atoms with van der Waals surface area (Å²) in [5.74, 6) is -1.51. The minimum absolute atomic E-state index is 0.189. The molecule has 1 saturated heterocycles. The van der Waals surface area contributed by atoms with Gasteiger partial charge in [0.25, 0.3) is 5.91 Å². The second kappa shape index (κ2) is 8.38. The maximum atomic E-state index is 12.2. The summed E-state index contributed by atoms with van der Waals surface area (Å²) in [7, 11) is 1.66. The van der Waals surface area contributed by atoms with Crippen LogP contribution in [0.15, 0.2) is 51.7 Å². The Morgan fingerprint density at radius 1 is 1.29 bits per heavy atom. The number of carbonyl (C=O) groups is 1. The number of carbonyl (C=O) groups excluding carboxylic acids is 1. The van der Waals surface area contributed by atoms with E-state index in [1.54, 1.807) is 13.1 Å². The van der Waals surface area contributed by atoms with E-state index < -0.39 is 23.2 Å². The average molecular weight is 420 g/mol. The van der Waals surface area contributed by atoms with Gasteiger partial charge < -0.3 is 20.2 Å². The van der Waals surface area contributed by atoms with E-state index in [9.17, 15) is 14.9 Å². The number of nitrogens with one attached hydrogen (secondary N) is 1. The number of rotatable bonds is 5. The van der Waals surface area contributed by atoms with Crippen LogP contribution in [0.2, 0.25) is 0 Å². The minimum atomic E-state index is -1.20. The fourth-order valence-electron chi connectivity index (χ4n) is 3.98. The van der Waals surface area contributed by atoms with E-state index in [0.29, 0.717) is 24.3 Å². The number of ether oxygens (including phenoxy) is 1. The van der Waals surface area contributed by atoms with Crippen molar-refractivity contribution in [1.29, 1.82) is 5.26 Å². The molecule has 0 spiro atoms.